The van der Waals surface area contributed by atoms with Gasteiger partial charge in [0, 0.05) is 31.0 Å². The summed E-state index contributed by atoms with van der Waals surface area (Å²) < 4.78 is 0. The largest absolute Gasteiger partial charge is 0.323 e. The lowest BCUT2D eigenvalue weighted by Gasteiger charge is -2.36. The third-order valence-corrected chi connectivity index (χ3v) is 4.68. The topological polar surface area (TPSA) is 86.2 Å². The monoisotopic (exact) mass is 288 g/mol. The molecule has 5 heteroatoms. The first-order valence-electron chi connectivity index (χ1n) is 7.06. The summed E-state index contributed by atoms with van der Waals surface area (Å²) in [7, 11) is 0. The Balaban J connectivity index is 0.000000774. The van der Waals surface area contributed by atoms with Crippen molar-refractivity contribution in [2.45, 2.75) is 38.1 Å². The van der Waals surface area contributed by atoms with Crippen molar-refractivity contribution in [2.75, 3.05) is 0 Å². The number of nitro benzene ring substituents is 1. The van der Waals surface area contributed by atoms with Crippen molar-refractivity contribution in [1.82, 2.24) is 0 Å². The molecule has 1 atom stereocenters. The fourth-order valence-corrected chi connectivity index (χ4v) is 3.48. The zero-order valence-electron chi connectivity index (χ0n) is 12.0. The van der Waals surface area contributed by atoms with E-state index in [9.17, 15) is 14.9 Å². The number of hydrogen-bond acceptors (Lipinski definition) is 4. The van der Waals surface area contributed by atoms with E-state index in [-0.39, 0.29) is 22.1 Å². The molecule has 1 spiro atoms. The van der Waals surface area contributed by atoms with E-state index in [2.05, 4.69) is 13.2 Å². The molecule has 2 N–H and O–H groups in total. The average molecular weight is 288 g/mol. The van der Waals surface area contributed by atoms with Gasteiger partial charge in [-0.3, -0.25) is 14.9 Å². The lowest BCUT2D eigenvalue weighted by molar-refractivity contribution is -0.384. The summed E-state index contributed by atoms with van der Waals surface area (Å²) in [5.74, 6) is 0.305. The molecule has 2 aliphatic carbocycles. The molecule has 0 aromatic heterocycles. The van der Waals surface area contributed by atoms with E-state index >= 15 is 0 Å². The van der Waals surface area contributed by atoms with Gasteiger partial charge >= 0.3 is 0 Å². The maximum absolute atomic E-state index is 11.4. The second kappa shape index (κ2) is 5.77. The van der Waals surface area contributed by atoms with Crippen LogP contribution in [0.1, 0.15) is 42.9 Å². The van der Waals surface area contributed by atoms with Crippen LogP contribution in [0, 0.1) is 15.5 Å². The van der Waals surface area contributed by atoms with Crippen LogP contribution < -0.4 is 5.73 Å². The second-order valence-corrected chi connectivity index (χ2v) is 5.70. The summed E-state index contributed by atoms with van der Waals surface area (Å²) >= 11 is 0. The second-order valence-electron chi connectivity index (χ2n) is 5.70. The molecule has 1 fully saturated rings. The molecule has 1 saturated carbocycles. The Labute approximate surface area is 124 Å². The zero-order valence-corrected chi connectivity index (χ0v) is 12.0. The molecule has 1 aromatic rings. The van der Waals surface area contributed by atoms with Crippen LogP contribution in [0.4, 0.5) is 5.69 Å². The summed E-state index contributed by atoms with van der Waals surface area (Å²) in [6.45, 7) is 6.00. The van der Waals surface area contributed by atoms with Gasteiger partial charge < -0.3 is 5.73 Å². The van der Waals surface area contributed by atoms with Gasteiger partial charge in [-0.2, -0.15) is 0 Å². The predicted octanol–water partition coefficient (Wildman–Crippen LogP) is 3.08. The van der Waals surface area contributed by atoms with E-state index in [1.165, 1.54) is 0 Å². The van der Waals surface area contributed by atoms with Crippen LogP contribution in [0.3, 0.4) is 0 Å². The van der Waals surface area contributed by atoms with Gasteiger partial charge in [0.05, 0.1) is 4.92 Å². The number of nitro groups is 1. The van der Waals surface area contributed by atoms with Crippen LogP contribution in [0.15, 0.2) is 31.4 Å². The van der Waals surface area contributed by atoms with Gasteiger partial charge in [-0.15, -0.1) is 13.2 Å². The molecule has 0 saturated heterocycles. The van der Waals surface area contributed by atoms with Crippen LogP contribution in [0.2, 0.25) is 0 Å². The van der Waals surface area contributed by atoms with Gasteiger partial charge in [0.25, 0.3) is 5.69 Å². The molecule has 1 unspecified atom stereocenters. The number of fused-ring (bicyclic) bond motifs is 1. The molecule has 112 valence electrons. The van der Waals surface area contributed by atoms with Gasteiger partial charge in [0.15, 0.2) is 0 Å². The van der Waals surface area contributed by atoms with Gasteiger partial charge in [0.1, 0.15) is 5.78 Å². The lowest BCUT2D eigenvalue weighted by Crippen LogP contribution is -2.35. The molecular weight excluding hydrogens is 268 g/mol. The Hall–Kier alpha value is -2.01. The maximum Gasteiger partial charge on any atom is 0.269 e. The minimum Gasteiger partial charge on any atom is -0.323 e. The first kappa shape index (κ1) is 15.4. The van der Waals surface area contributed by atoms with E-state index in [1.54, 1.807) is 12.1 Å². The Bertz CT molecular complexity index is 573. The Kier molecular flexibility index (Phi) is 4.23. The molecule has 0 aliphatic heterocycles. The van der Waals surface area contributed by atoms with Crippen LogP contribution in [0.25, 0.3) is 0 Å². The standard InChI is InChI=1S/C14H16N2O3.C2H4/c15-13-12-7-10(16(18)19)2-1-9(12)8-14(13)5-3-11(17)4-6-14;1-2/h1-2,7,13H,3-6,8,15H2;1-2H2. The highest BCUT2D eigenvalue weighted by Gasteiger charge is 2.46. The number of hydrogen-bond donors (Lipinski definition) is 1. The molecular formula is C16H20N2O3. The van der Waals surface area contributed by atoms with Crippen molar-refractivity contribution in [3.05, 3.63) is 52.6 Å². The average Bonchev–Trinajstić information content (AvgIpc) is 2.77. The minimum atomic E-state index is -0.387. The number of carbonyl (C=O) groups excluding carboxylic acids is 1. The SMILES string of the molecule is C=C.NC1c2cc([N+](=O)[O-])ccc2CC12CCC(=O)CC2. The molecule has 0 bridgehead atoms. The normalized spacial score (nSPS) is 22.3. The van der Waals surface area contributed by atoms with Crippen LogP contribution in [-0.4, -0.2) is 10.7 Å². The highest BCUT2D eigenvalue weighted by molar-refractivity contribution is 5.79. The van der Waals surface area contributed by atoms with Gasteiger partial charge in [-0.05, 0) is 35.8 Å². The van der Waals surface area contributed by atoms with Crippen molar-refractivity contribution >= 4 is 11.5 Å². The molecule has 0 radical (unpaired) electrons. The van der Waals surface area contributed by atoms with Crippen LogP contribution in [-0.2, 0) is 11.2 Å². The van der Waals surface area contributed by atoms with Crippen molar-refractivity contribution in [2.24, 2.45) is 11.1 Å². The number of nitrogens with two attached hydrogens (primary N) is 1. The van der Waals surface area contributed by atoms with E-state index in [0.29, 0.717) is 18.6 Å². The highest BCUT2D eigenvalue weighted by Crippen LogP contribution is 2.52. The first-order valence-corrected chi connectivity index (χ1v) is 7.06. The maximum atomic E-state index is 11.4. The number of rotatable bonds is 1. The number of nitrogens with zero attached hydrogens (tertiary/aromatic N) is 1. The molecule has 3 rings (SSSR count). The van der Waals surface area contributed by atoms with E-state index in [1.807, 2.05) is 6.07 Å². The molecule has 21 heavy (non-hydrogen) atoms. The minimum absolute atomic E-state index is 0.0640. The van der Waals surface area contributed by atoms with E-state index in [0.717, 1.165) is 30.4 Å². The highest BCUT2D eigenvalue weighted by atomic mass is 16.6. The van der Waals surface area contributed by atoms with Crippen molar-refractivity contribution in [1.29, 1.82) is 0 Å². The Morgan fingerprint density at radius 1 is 1.29 bits per heavy atom. The smallest absolute Gasteiger partial charge is 0.269 e. The van der Waals surface area contributed by atoms with Gasteiger partial charge in [-0.1, -0.05) is 6.07 Å². The summed E-state index contributed by atoms with van der Waals surface area (Å²) in [6.07, 6.45) is 3.62. The Morgan fingerprint density at radius 3 is 2.48 bits per heavy atom. The Morgan fingerprint density at radius 2 is 1.90 bits per heavy atom. The molecule has 1 aromatic carbocycles. The number of ketones is 1. The fourth-order valence-electron chi connectivity index (χ4n) is 3.48. The summed E-state index contributed by atoms with van der Waals surface area (Å²) in [5.41, 5.74) is 8.36. The van der Waals surface area contributed by atoms with Crippen molar-refractivity contribution < 1.29 is 9.72 Å². The predicted molar refractivity (Wildman–Crippen MR) is 80.9 cm³/mol. The summed E-state index contributed by atoms with van der Waals surface area (Å²) in [4.78, 5) is 21.8. The first-order chi connectivity index (χ1) is 10.0. The fraction of sp³-hybridized carbons (Fsp3) is 0.438. The molecule has 0 amide bonds. The number of benzene rings is 1. The van der Waals surface area contributed by atoms with Gasteiger partial charge in [-0.25, -0.2) is 0 Å². The van der Waals surface area contributed by atoms with E-state index in [4.69, 9.17) is 5.73 Å². The molecule has 5 nitrogen and oxygen atoms in total. The summed E-state index contributed by atoms with van der Waals surface area (Å²) in [6, 6.07) is 4.78. The molecule has 0 heterocycles. The van der Waals surface area contributed by atoms with Crippen molar-refractivity contribution in [3.8, 4) is 0 Å². The third-order valence-electron chi connectivity index (χ3n) is 4.68. The zero-order chi connectivity index (χ0) is 15.6. The van der Waals surface area contributed by atoms with Crippen LogP contribution >= 0.6 is 0 Å². The lowest BCUT2D eigenvalue weighted by atomic mass is 9.69. The van der Waals surface area contributed by atoms with Gasteiger partial charge in [0.2, 0.25) is 0 Å². The third kappa shape index (κ3) is 2.61. The quantitative estimate of drug-likeness (QED) is 0.489. The number of non-ortho nitro benzene ring substituents is 1. The van der Waals surface area contributed by atoms with Crippen molar-refractivity contribution in [3.63, 3.8) is 0 Å². The van der Waals surface area contributed by atoms with E-state index < -0.39 is 0 Å². The number of carbonyl (C=O) groups is 1. The number of Topliss-reactive ketones (excluding diaryl/α,β-unsaturated/α-hetero) is 1. The van der Waals surface area contributed by atoms with Crippen LogP contribution in [0.5, 0.6) is 0 Å². The summed E-state index contributed by atoms with van der Waals surface area (Å²) in [5, 5.41) is 10.8. The molecule has 2 aliphatic rings.